The van der Waals surface area contributed by atoms with Gasteiger partial charge in [-0.15, -0.1) is 0 Å². The van der Waals surface area contributed by atoms with Gasteiger partial charge in [-0.1, -0.05) is 0 Å². The molecule has 0 aliphatic heterocycles. The monoisotopic (exact) mass is 364 g/mol. The molecule has 1 saturated carbocycles. The molecule has 3 aromatic heterocycles. The predicted octanol–water partition coefficient (Wildman–Crippen LogP) is 2.87. The third-order valence-electron chi connectivity index (χ3n) is 4.81. The molecule has 1 aliphatic rings. The topological polar surface area (TPSA) is 78.5 Å². The fourth-order valence-corrected chi connectivity index (χ4v) is 3.23. The second kappa shape index (κ2) is 5.87. The first kappa shape index (κ1) is 15.9. The van der Waals surface area contributed by atoms with Crippen LogP contribution in [0, 0.1) is 0 Å². The van der Waals surface area contributed by atoms with Crippen LogP contribution < -0.4 is 14.8 Å². The minimum absolute atomic E-state index is 0.496. The average molecular weight is 364 g/mol. The van der Waals surface area contributed by atoms with Crippen LogP contribution in [0.4, 0.5) is 5.82 Å². The normalized spacial score (nSPS) is 14.0. The summed E-state index contributed by atoms with van der Waals surface area (Å²) in [6.45, 7) is 0. The molecule has 138 valence electrons. The van der Waals surface area contributed by atoms with Crippen molar-refractivity contribution in [3.05, 3.63) is 30.6 Å². The molecule has 1 N–H and O–H groups in total. The van der Waals surface area contributed by atoms with E-state index in [1.165, 1.54) is 12.8 Å². The Morgan fingerprint density at radius 1 is 1.07 bits per heavy atom. The lowest BCUT2D eigenvalue weighted by Crippen LogP contribution is -2.06. The molecule has 0 unspecified atom stereocenters. The van der Waals surface area contributed by atoms with Crippen LogP contribution in [0.25, 0.3) is 28.1 Å². The first-order valence-corrected chi connectivity index (χ1v) is 8.87. The summed E-state index contributed by atoms with van der Waals surface area (Å²) in [4.78, 5) is 9.30. The number of imidazole rings is 1. The largest absolute Gasteiger partial charge is 0.497 e. The van der Waals surface area contributed by atoms with E-state index in [1.54, 1.807) is 20.5 Å². The molecular weight excluding hydrogens is 344 g/mol. The summed E-state index contributed by atoms with van der Waals surface area (Å²) in [5, 5.41) is 8.27. The lowest BCUT2D eigenvalue weighted by atomic mass is 10.1. The van der Waals surface area contributed by atoms with Gasteiger partial charge in [-0.3, -0.25) is 0 Å². The number of fused-ring (bicyclic) bond motifs is 3. The van der Waals surface area contributed by atoms with Crippen molar-refractivity contribution >= 4 is 22.6 Å². The summed E-state index contributed by atoms with van der Waals surface area (Å²) in [5.74, 6) is 2.25. The number of anilines is 1. The Labute approximate surface area is 155 Å². The molecule has 8 nitrogen and oxygen atoms in total. The predicted molar refractivity (Wildman–Crippen MR) is 102 cm³/mol. The van der Waals surface area contributed by atoms with Crippen molar-refractivity contribution in [2.24, 2.45) is 7.05 Å². The second-order valence-electron chi connectivity index (χ2n) is 6.81. The Balaban J connectivity index is 1.71. The van der Waals surface area contributed by atoms with Crippen molar-refractivity contribution in [2.45, 2.75) is 18.9 Å². The lowest BCUT2D eigenvalue weighted by molar-refractivity contribution is 0.394. The molecular formula is C19H20N6O2. The maximum absolute atomic E-state index is 5.39. The number of nitrogens with one attached hydrogen (secondary N) is 1. The Morgan fingerprint density at radius 3 is 2.48 bits per heavy atom. The Kier molecular flexibility index (Phi) is 3.46. The quantitative estimate of drug-likeness (QED) is 0.587. The molecule has 0 atom stereocenters. The van der Waals surface area contributed by atoms with Gasteiger partial charge >= 0.3 is 0 Å². The lowest BCUT2D eigenvalue weighted by Gasteiger charge is -2.07. The van der Waals surface area contributed by atoms with Crippen molar-refractivity contribution in [2.75, 3.05) is 19.5 Å². The first-order valence-electron chi connectivity index (χ1n) is 8.87. The Hall–Kier alpha value is -3.29. The van der Waals surface area contributed by atoms with E-state index in [9.17, 15) is 0 Å². The van der Waals surface area contributed by atoms with Crippen molar-refractivity contribution in [3.8, 4) is 22.8 Å². The van der Waals surface area contributed by atoms with Crippen LogP contribution in [0.1, 0.15) is 12.8 Å². The number of rotatable bonds is 5. The molecule has 0 radical (unpaired) electrons. The van der Waals surface area contributed by atoms with Crippen molar-refractivity contribution in [1.82, 2.24) is 24.1 Å². The highest BCUT2D eigenvalue weighted by Gasteiger charge is 2.24. The summed E-state index contributed by atoms with van der Waals surface area (Å²) >= 11 is 0. The zero-order valence-electron chi connectivity index (χ0n) is 15.4. The molecule has 0 bridgehead atoms. The molecule has 5 rings (SSSR count). The van der Waals surface area contributed by atoms with Crippen molar-refractivity contribution in [3.63, 3.8) is 0 Å². The van der Waals surface area contributed by atoms with Crippen LogP contribution in [-0.2, 0) is 7.05 Å². The van der Waals surface area contributed by atoms with E-state index in [0.717, 1.165) is 45.4 Å². The van der Waals surface area contributed by atoms with Gasteiger partial charge in [-0.25, -0.2) is 9.97 Å². The van der Waals surface area contributed by atoms with Crippen LogP contribution >= 0.6 is 0 Å². The standard InChI is InChI=1S/C19H20N6O2/c1-24-10-20-17-18(21-12-4-5-12)22-16-9-15(23-25(16)19(17)24)11-6-13(26-2)8-14(7-11)27-3/h6-10,12H,4-5H2,1-3H3,(H,21,22). The van der Waals surface area contributed by atoms with E-state index in [4.69, 9.17) is 19.6 Å². The van der Waals surface area contributed by atoms with Gasteiger partial charge in [0.25, 0.3) is 0 Å². The Morgan fingerprint density at radius 2 is 1.81 bits per heavy atom. The van der Waals surface area contributed by atoms with Crippen molar-refractivity contribution in [1.29, 1.82) is 0 Å². The molecule has 8 heteroatoms. The molecule has 3 heterocycles. The van der Waals surface area contributed by atoms with E-state index in [-0.39, 0.29) is 0 Å². The van der Waals surface area contributed by atoms with Gasteiger partial charge in [0, 0.05) is 30.8 Å². The fraction of sp³-hybridized carbons (Fsp3) is 0.316. The number of aryl methyl sites for hydroxylation is 1. The number of benzene rings is 1. The second-order valence-corrected chi connectivity index (χ2v) is 6.81. The van der Waals surface area contributed by atoms with Crippen molar-refractivity contribution < 1.29 is 9.47 Å². The molecule has 0 amide bonds. The van der Waals surface area contributed by atoms with Gasteiger partial charge < -0.3 is 19.4 Å². The summed E-state index contributed by atoms with van der Waals surface area (Å²) in [7, 11) is 5.24. The Bertz CT molecular complexity index is 1140. The van der Waals surface area contributed by atoms with Gasteiger partial charge in [0.15, 0.2) is 22.6 Å². The molecule has 0 saturated heterocycles. The average Bonchev–Trinajstić information content (AvgIpc) is 3.26. The van der Waals surface area contributed by atoms with Crippen LogP contribution in [0.2, 0.25) is 0 Å². The highest BCUT2D eigenvalue weighted by molar-refractivity contribution is 5.87. The number of aromatic nitrogens is 5. The van der Waals surface area contributed by atoms with E-state index >= 15 is 0 Å². The summed E-state index contributed by atoms with van der Waals surface area (Å²) in [6.07, 6.45) is 4.14. The maximum Gasteiger partial charge on any atom is 0.167 e. The third kappa shape index (κ3) is 2.64. The molecule has 1 aromatic carbocycles. The van der Waals surface area contributed by atoms with Crippen LogP contribution in [0.15, 0.2) is 30.6 Å². The molecule has 1 fully saturated rings. The van der Waals surface area contributed by atoms with E-state index in [1.807, 2.05) is 40.4 Å². The summed E-state index contributed by atoms with van der Waals surface area (Å²) < 4.78 is 14.6. The van der Waals surface area contributed by atoms with E-state index in [0.29, 0.717) is 6.04 Å². The van der Waals surface area contributed by atoms with E-state index in [2.05, 4.69) is 10.3 Å². The molecule has 0 spiro atoms. The van der Waals surface area contributed by atoms with Gasteiger partial charge in [0.1, 0.15) is 11.5 Å². The number of nitrogens with zero attached hydrogens (tertiary/aromatic N) is 5. The molecule has 27 heavy (non-hydrogen) atoms. The smallest absolute Gasteiger partial charge is 0.167 e. The van der Waals surface area contributed by atoms with Crippen LogP contribution in [-0.4, -0.2) is 44.4 Å². The van der Waals surface area contributed by atoms with Crippen LogP contribution in [0.3, 0.4) is 0 Å². The number of hydrogen-bond acceptors (Lipinski definition) is 6. The zero-order chi connectivity index (χ0) is 18.5. The van der Waals surface area contributed by atoms with Gasteiger partial charge in [-0.05, 0) is 25.0 Å². The SMILES string of the molecule is COc1cc(OC)cc(-c2cc3nc(NC4CC4)c4ncn(C)c4n3n2)c1. The number of hydrogen-bond donors (Lipinski definition) is 1. The highest BCUT2D eigenvalue weighted by atomic mass is 16.5. The van der Waals surface area contributed by atoms with Gasteiger partial charge in [-0.2, -0.15) is 9.61 Å². The molecule has 4 aromatic rings. The number of methoxy groups -OCH3 is 2. The van der Waals surface area contributed by atoms with Gasteiger partial charge in [0.05, 0.1) is 26.2 Å². The maximum atomic E-state index is 5.39. The fourth-order valence-electron chi connectivity index (χ4n) is 3.23. The molecule has 1 aliphatic carbocycles. The number of ether oxygens (including phenoxy) is 2. The highest BCUT2D eigenvalue weighted by Crippen LogP contribution is 2.32. The zero-order valence-corrected chi connectivity index (χ0v) is 15.4. The third-order valence-corrected chi connectivity index (χ3v) is 4.81. The minimum atomic E-state index is 0.496. The first-order chi connectivity index (χ1) is 13.2. The van der Waals surface area contributed by atoms with Gasteiger partial charge in [0.2, 0.25) is 0 Å². The van der Waals surface area contributed by atoms with Crippen LogP contribution in [0.5, 0.6) is 11.5 Å². The summed E-state index contributed by atoms with van der Waals surface area (Å²) in [6, 6.07) is 8.19. The van der Waals surface area contributed by atoms with E-state index < -0.39 is 0 Å². The summed E-state index contributed by atoms with van der Waals surface area (Å²) in [5.41, 5.74) is 4.21. The minimum Gasteiger partial charge on any atom is -0.497 e.